The van der Waals surface area contributed by atoms with Gasteiger partial charge in [-0.3, -0.25) is 9.69 Å². The second kappa shape index (κ2) is 6.46. The Morgan fingerprint density at radius 3 is 2.68 bits per heavy atom. The van der Waals surface area contributed by atoms with E-state index in [9.17, 15) is 4.79 Å². The normalized spacial score (nSPS) is 37.0. The Bertz CT molecular complexity index is 407. The van der Waals surface area contributed by atoms with Crippen LogP contribution in [0.15, 0.2) is 0 Å². The van der Waals surface area contributed by atoms with E-state index in [0.29, 0.717) is 12.1 Å². The zero-order chi connectivity index (χ0) is 14.9. The van der Waals surface area contributed by atoms with Crippen molar-refractivity contribution in [1.82, 2.24) is 10.2 Å². The lowest BCUT2D eigenvalue weighted by Gasteiger charge is -2.42. The summed E-state index contributed by atoms with van der Waals surface area (Å²) in [5.41, 5.74) is 0. The van der Waals surface area contributed by atoms with Gasteiger partial charge in [0, 0.05) is 45.0 Å². The molecule has 1 N–H and O–H groups in total. The second-order valence-electron chi connectivity index (χ2n) is 7.49. The highest BCUT2D eigenvalue weighted by Crippen LogP contribution is 2.33. The van der Waals surface area contributed by atoms with Gasteiger partial charge in [0.15, 0.2) is 0 Å². The number of carbonyl (C=O) groups is 1. The van der Waals surface area contributed by atoms with Crippen LogP contribution in [0.1, 0.15) is 38.5 Å². The van der Waals surface area contributed by atoms with Crippen molar-refractivity contribution < 1.29 is 14.3 Å². The number of nitrogens with zero attached hydrogens (tertiary/aromatic N) is 1. The Kier molecular flexibility index (Phi) is 4.38. The van der Waals surface area contributed by atoms with Crippen molar-refractivity contribution >= 4 is 5.91 Å². The molecule has 0 bridgehead atoms. The number of hydrogen-bond donors (Lipinski definition) is 1. The lowest BCUT2D eigenvalue weighted by atomic mass is 9.87. The first-order valence-corrected chi connectivity index (χ1v) is 9.03. The summed E-state index contributed by atoms with van der Waals surface area (Å²) in [6.45, 7) is 4.68. The third kappa shape index (κ3) is 3.31. The molecule has 5 heteroatoms. The van der Waals surface area contributed by atoms with E-state index in [0.717, 1.165) is 77.4 Å². The van der Waals surface area contributed by atoms with Gasteiger partial charge in [-0.1, -0.05) is 0 Å². The van der Waals surface area contributed by atoms with Gasteiger partial charge in [0.1, 0.15) is 0 Å². The molecule has 0 radical (unpaired) electrons. The predicted molar refractivity (Wildman–Crippen MR) is 82.5 cm³/mol. The fourth-order valence-corrected chi connectivity index (χ4v) is 4.26. The molecule has 1 aliphatic carbocycles. The Hall–Kier alpha value is -0.650. The Balaban J connectivity index is 1.39. The molecule has 0 aromatic heterocycles. The molecule has 1 saturated carbocycles. The van der Waals surface area contributed by atoms with Gasteiger partial charge in [-0.05, 0) is 44.4 Å². The molecule has 1 amide bonds. The Labute approximate surface area is 132 Å². The van der Waals surface area contributed by atoms with Crippen LogP contribution in [-0.2, 0) is 14.3 Å². The number of rotatable bonds is 4. The molecule has 5 nitrogen and oxygen atoms in total. The lowest BCUT2D eigenvalue weighted by Crippen LogP contribution is -2.54. The third-order valence-corrected chi connectivity index (χ3v) is 5.74. The Morgan fingerprint density at radius 1 is 1.09 bits per heavy atom. The quantitative estimate of drug-likeness (QED) is 0.847. The van der Waals surface area contributed by atoms with Gasteiger partial charge in [0.2, 0.25) is 5.91 Å². The summed E-state index contributed by atoms with van der Waals surface area (Å²) in [6, 6.07) is 0.992. The number of ether oxygens (including phenoxy) is 2. The minimum absolute atomic E-state index is 0.111. The van der Waals surface area contributed by atoms with E-state index in [2.05, 4.69) is 10.2 Å². The van der Waals surface area contributed by atoms with Gasteiger partial charge < -0.3 is 14.8 Å². The van der Waals surface area contributed by atoms with Crippen molar-refractivity contribution in [3.63, 3.8) is 0 Å². The summed E-state index contributed by atoms with van der Waals surface area (Å²) >= 11 is 0. The number of hydrogen-bond acceptors (Lipinski definition) is 4. The molecule has 4 rings (SSSR count). The van der Waals surface area contributed by atoms with E-state index >= 15 is 0 Å². The number of nitrogens with one attached hydrogen (secondary N) is 1. The van der Waals surface area contributed by atoms with Crippen LogP contribution in [0.4, 0.5) is 0 Å². The summed E-state index contributed by atoms with van der Waals surface area (Å²) in [6.07, 6.45) is 6.95. The molecule has 0 spiro atoms. The van der Waals surface area contributed by atoms with E-state index < -0.39 is 0 Å². The van der Waals surface area contributed by atoms with Crippen LogP contribution in [-0.4, -0.2) is 61.9 Å². The topological polar surface area (TPSA) is 50.8 Å². The molecule has 124 valence electrons. The summed E-state index contributed by atoms with van der Waals surface area (Å²) in [5, 5.41) is 3.19. The molecule has 3 saturated heterocycles. The second-order valence-corrected chi connectivity index (χ2v) is 7.49. The molecule has 0 aromatic carbocycles. The number of carbonyl (C=O) groups excluding carboxylic acids is 1. The predicted octanol–water partition coefficient (Wildman–Crippen LogP) is 1.17. The first kappa shape index (κ1) is 14.9. The summed E-state index contributed by atoms with van der Waals surface area (Å²) in [7, 11) is 0. The van der Waals surface area contributed by atoms with Crippen LogP contribution in [0, 0.1) is 11.8 Å². The number of likely N-dealkylation sites (tertiary alicyclic amines) is 1. The van der Waals surface area contributed by atoms with Crippen molar-refractivity contribution in [2.45, 2.75) is 56.7 Å². The molecule has 22 heavy (non-hydrogen) atoms. The van der Waals surface area contributed by atoms with Crippen LogP contribution in [0.3, 0.4) is 0 Å². The van der Waals surface area contributed by atoms with Gasteiger partial charge >= 0.3 is 0 Å². The summed E-state index contributed by atoms with van der Waals surface area (Å²) in [4.78, 5) is 15.0. The average Bonchev–Trinajstić information content (AvgIpc) is 3.21. The first-order chi connectivity index (χ1) is 10.8. The van der Waals surface area contributed by atoms with Crippen molar-refractivity contribution in [3.8, 4) is 0 Å². The van der Waals surface area contributed by atoms with E-state index in [1.165, 1.54) is 0 Å². The monoisotopic (exact) mass is 308 g/mol. The number of piperidine rings is 1. The van der Waals surface area contributed by atoms with Crippen molar-refractivity contribution in [3.05, 3.63) is 0 Å². The smallest absolute Gasteiger partial charge is 0.224 e. The molecule has 3 heterocycles. The minimum atomic E-state index is 0.111. The van der Waals surface area contributed by atoms with Gasteiger partial charge in [0.05, 0.1) is 12.0 Å². The SMILES string of the molecule is O=C(NC1CC1)[C@H]1C[C@H]2OCC[C@H]2N(CC2CCOCC2)C1. The molecule has 0 unspecified atom stereocenters. The number of fused-ring (bicyclic) bond motifs is 1. The van der Waals surface area contributed by atoms with Gasteiger partial charge in [-0.25, -0.2) is 0 Å². The molecule has 3 aliphatic heterocycles. The Morgan fingerprint density at radius 2 is 1.91 bits per heavy atom. The fraction of sp³-hybridized carbons (Fsp3) is 0.941. The molecule has 3 atom stereocenters. The van der Waals surface area contributed by atoms with Gasteiger partial charge in [-0.15, -0.1) is 0 Å². The maximum absolute atomic E-state index is 12.5. The molecule has 0 aromatic rings. The lowest BCUT2D eigenvalue weighted by molar-refractivity contribution is -0.130. The van der Waals surface area contributed by atoms with Crippen molar-refractivity contribution in [1.29, 1.82) is 0 Å². The van der Waals surface area contributed by atoms with Crippen LogP contribution in [0.25, 0.3) is 0 Å². The number of amides is 1. The molecule has 4 fully saturated rings. The van der Waals surface area contributed by atoms with Gasteiger partial charge in [-0.2, -0.15) is 0 Å². The van der Waals surface area contributed by atoms with Crippen LogP contribution in [0.2, 0.25) is 0 Å². The zero-order valence-electron chi connectivity index (χ0n) is 13.3. The highest BCUT2D eigenvalue weighted by atomic mass is 16.5. The third-order valence-electron chi connectivity index (χ3n) is 5.74. The van der Waals surface area contributed by atoms with Crippen LogP contribution in [0.5, 0.6) is 0 Å². The maximum atomic E-state index is 12.5. The zero-order valence-corrected chi connectivity index (χ0v) is 13.3. The average molecular weight is 308 g/mol. The first-order valence-electron chi connectivity index (χ1n) is 9.03. The highest BCUT2D eigenvalue weighted by molar-refractivity contribution is 5.79. The molecule has 4 aliphatic rings. The van der Waals surface area contributed by atoms with Crippen LogP contribution < -0.4 is 5.32 Å². The van der Waals surface area contributed by atoms with E-state index in [-0.39, 0.29) is 17.9 Å². The van der Waals surface area contributed by atoms with Crippen molar-refractivity contribution in [2.24, 2.45) is 11.8 Å². The van der Waals surface area contributed by atoms with Crippen LogP contribution >= 0.6 is 0 Å². The highest BCUT2D eigenvalue weighted by Gasteiger charge is 2.43. The fourth-order valence-electron chi connectivity index (χ4n) is 4.26. The van der Waals surface area contributed by atoms with Gasteiger partial charge in [0.25, 0.3) is 0 Å². The van der Waals surface area contributed by atoms with E-state index in [4.69, 9.17) is 9.47 Å². The molecular weight excluding hydrogens is 280 g/mol. The van der Waals surface area contributed by atoms with E-state index in [1.54, 1.807) is 0 Å². The summed E-state index contributed by atoms with van der Waals surface area (Å²) in [5.74, 6) is 1.09. The maximum Gasteiger partial charge on any atom is 0.224 e. The summed E-state index contributed by atoms with van der Waals surface area (Å²) < 4.78 is 11.4. The van der Waals surface area contributed by atoms with Crippen molar-refractivity contribution in [2.75, 3.05) is 32.9 Å². The van der Waals surface area contributed by atoms with E-state index in [1.807, 2.05) is 0 Å². The molecular formula is C17H28N2O3. The largest absolute Gasteiger partial charge is 0.381 e. The minimum Gasteiger partial charge on any atom is -0.381 e. The standard InChI is InChI=1S/C17H28N2O3/c20-17(18-14-1-2-14)13-9-16-15(5-8-22-16)19(11-13)10-12-3-6-21-7-4-12/h12-16H,1-11H2,(H,18,20)/t13-,15+,16+/m0/s1.